The highest BCUT2D eigenvalue weighted by atomic mass is 16.8. The molecule has 3 saturated carbocycles. The minimum atomic E-state index is -1.91. The second kappa shape index (κ2) is 15.6. The smallest absolute Gasteiger partial charge is 0.309 e. The summed E-state index contributed by atoms with van der Waals surface area (Å²) in [7, 11) is 0. The highest BCUT2D eigenvalue weighted by Gasteiger charge is 2.68. The molecule has 7 aliphatic rings. The van der Waals surface area contributed by atoms with E-state index in [1.54, 1.807) is 0 Å². The van der Waals surface area contributed by atoms with Gasteiger partial charge in [0.05, 0.1) is 30.8 Å². The third kappa shape index (κ3) is 6.69. The lowest BCUT2D eigenvalue weighted by molar-refractivity contribution is -0.400. The Morgan fingerprint density at radius 2 is 1.20 bits per heavy atom. The number of carbonyl (C=O) groups is 1. The lowest BCUT2D eigenvalue weighted by atomic mass is 9.40. The van der Waals surface area contributed by atoms with E-state index in [9.17, 15) is 61.0 Å². The van der Waals surface area contributed by atoms with E-state index in [0.29, 0.717) is 32.1 Å². The van der Waals surface area contributed by atoms with Gasteiger partial charge in [-0.1, -0.05) is 19.4 Å². The van der Waals surface area contributed by atoms with Gasteiger partial charge in [0.15, 0.2) is 18.9 Å². The Balaban J connectivity index is 1.22. The van der Waals surface area contributed by atoms with Gasteiger partial charge in [0.1, 0.15) is 73.2 Å². The highest BCUT2D eigenvalue weighted by molar-refractivity contribution is 5.75. The molecular formula is C38H60O18. The summed E-state index contributed by atoms with van der Waals surface area (Å²) in [5.74, 6) is -0.619. The number of aliphatic carboxylic acids is 1. The molecular weight excluding hydrogens is 744 g/mol. The van der Waals surface area contributed by atoms with Gasteiger partial charge in [0.2, 0.25) is 0 Å². The molecule has 3 heterocycles. The molecule has 18 heteroatoms. The number of aliphatic hydroxyl groups excluding tert-OH is 10. The molecule has 0 amide bonds. The van der Waals surface area contributed by atoms with Crippen molar-refractivity contribution >= 4 is 5.97 Å². The summed E-state index contributed by atoms with van der Waals surface area (Å²) in [5.41, 5.74) is -1.51. The van der Waals surface area contributed by atoms with Crippen molar-refractivity contribution in [3.05, 3.63) is 11.6 Å². The van der Waals surface area contributed by atoms with E-state index in [0.717, 1.165) is 24.8 Å². The molecule has 0 aromatic carbocycles. The van der Waals surface area contributed by atoms with Crippen molar-refractivity contribution in [2.75, 3.05) is 19.8 Å². The van der Waals surface area contributed by atoms with Crippen molar-refractivity contribution in [3.8, 4) is 0 Å². The van der Waals surface area contributed by atoms with E-state index in [4.69, 9.17) is 28.4 Å². The predicted molar refractivity (Wildman–Crippen MR) is 187 cm³/mol. The fraction of sp³-hybridized carbons (Fsp3) is 0.921. The van der Waals surface area contributed by atoms with Crippen molar-refractivity contribution in [2.45, 2.75) is 170 Å². The normalized spacial score (nSPS) is 54.5. The summed E-state index contributed by atoms with van der Waals surface area (Å²) < 4.78 is 36.7. The zero-order valence-corrected chi connectivity index (χ0v) is 31.9. The number of carboxylic acids is 1. The summed E-state index contributed by atoms with van der Waals surface area (Å²) in [6.07, 6.45) is -17.5. The summed E-state index contributed by atoms with van der Waals surface area (Å²) in [6, 6.07) is 0. The van der Waals surface area contributed by atoms with Crippen LogP contribution in [0, 0.1) is 28.1 Å². The molecule has 18 nitrogen and oxygen atoms in total. The lowest BCUT2D eigenvalue weighted by Crippen LogP contribution is -2.68. The molecule has 0 aromatic rings. The van der Waals surface area contributed by atoms with Gasteiger partial charge in [-0.05, 0) is 87.0 Å². The first kappa shape index (κ1) is 42.7. The SMILES string of the molecule is CC1=C[C@]23CC[C@@H]4[C@](C)(CCC[C@@]4(C)C(=O)O)[C@H]2CC[C@@]1(O[C@@H]1O[C@H](CO)[C@@H](O)[C@H](O[C@@H]2O[C@H](CO)[C@@H](O)[C@H](O)[C@H]2O)[C@H]1O[C@@H]1O[C@H](CO)[C@@H](O)[C@H](O)[C@H]1O)C3. The zero-order chi connectivity index (χ0) is 40.7. The molecule has 0 unspecified atom stereocenters. The van der Waals surface area contributed by atoms with Gasteiger partial charge in [-0.25, -0.2) is 0 Å². The number of aliphatic hydroxyl groups is 10. The maximum atomic E-state index is 12.7. The number of fused-ring (bicyclic) bond motifs is 3. The first-order chi connectivity index (χ1) is 26.4. The van der Waals surface area contributed by atoms with Crippen LogP contribution in [0.4, 0.5) is 0 Å². The molecule has 4 aliphatic carbocycles. The fourth-order valence-corrected chi connectivity index (χ4v) is 11.9. The maximum Gasteiger partial charge on any atom is 0.309 e. The molecule has 21 atom stereocenters. The van der Waals surface area contributed by atoms with Crippen LogP contribution in [0.2, 0.25) is 0 Å². The Hall–Kier alpha value is -1.43. The number of allylic oxidation sites excluding steroid dienone is 1. The van der Waals surface area contributed by atoms with Crippen LogP contribution in [0.1, 0.15) is 72.1 Å². The first-order valence-corrected chi connectivity index (χ1v) is 19.9. The zero-order valence-electron chi connectivity index (χ0n) is 31.9. The third-order valence-electron chi connectivity index (χ3n) is 14.9. The molecule has 2 bridgehead atoms. The van der Waals surface area contributed by atoms with E-state index in [1.165, 1.54) is 0 Å². The van der Waals surface area contributed by atoms with Crippen molar-refractivity contribution in [3.63, 3.8) is 0 Å². The van der Waals surface area contributed by atoms with Gasteiger partial charge >= 0.3 is 5.97 Å². The number of carboxylic acid groups (broad SMARTS) is 1. The average molecular weight is 805 g/mol. The van der Waals surface area contributed by atoms with Crippen LogP contribution in [0.5, 0.6) is 0 Å². The van der Waals surface area contributed by atoms with Gasteiger partial charge in [0, 0.05) is 0 Å². The Labute approximate surface area is 324 Å². The molecule has 56 heavy (non-hydrogen) atoms. The van der Waals surface area contributed by atoms with Gasteiger partial charge in [-0.3, -0.25) is 4.79 Å². The predicted octanol–water partition coefficient (Wildman–Crippen LogP) is -2.37. The number of hydrogen-bond donors (Lipinski definition) is 11. The summed E-state index contributed by atoms with van der Waals surface area (Å²) >= 11 is 0. The topological polar surface area (TPSA) is 295 Å². The minimum Gasteiger partial charge on any atom is -0.481 e. The van der Waals surface area contributed by atoms with Crippen LogP contribution in [-0.2, 0) is 33.2 Å². The Kier molecular flexibility index (Phi) is 11.9. The van der Waals surface area contributed by atoms with Crippen LogP contribution in [-0.4, -0.2) is 180 Å². The fourth-order valence-electron chi connectivity index (χ4n) is 11.9. The van der Waals surface area contributed by atoms with Gasteiger partial charge in [-0.15, -0.1) is 0 Å². The monoisotopic (exact) mass is 804 g/mol. The van der Waals surface area contributed by atoms with Gasteiger partial charge in [-0.2, -0.15) is 0 Å². The molecule has 1 spiro atoms. The first-order valence-electron chi connectivity index (χ1n) is 19.9. The van der Waals surface area contributed by atoms with E-state index >= 15 is 0 Å². The molecule has 7 rings (SSSR count). The van der Waals surface area contributed by atoms with Crippen LogP contribution in [0.25, 0.3) is 0 Å². The van der Waals surface area contributed by atoms with E-state index in [-0.39, 0.29) is 22.7 Å². The third-order valence-corrected chi connectivity index (χ3v) is 14.9. The van der Waals surface area contributed by atoms with Crippen molar-refractivity contribution in [1.29, 1.82) is 0 Å². The van der Waals surface area contributed by atoms with Crippen molar-refractivity contribution in [1.82, 2.24) is 0 Å². The van der Waals surface area contributed by atoms with Gasteiger partial charge in [0.25, 0.3) is 0 Å². The molecule has 3 aliphatic heterocycles. The summed E-state index contributed by atoms with van der Waals surface area (Å²) in [6.45, 7) is 3.77. The van der Waals surface area contributed by atoms with E-state index in [1.807, 2.05) is 13.8 Å². The standard InChI is InChI=1S/C38H60O18/c1-16-11-37-9-5-20-35(2,7-4-8-36(20,3)34(49)50)21(37)6-10-38(16,15-37)56-33-30(55-32-28(48)26(46)23(43)18(13-40)52-32)29(24(44)19(14-41)53-33)54-31-27(47)25(45)22(42)17(12-39)51-31/h11,17-33,39-48H,4-10,12-15H2,1-3H3,(H,49,50)/t17-,18-,19-,20-,21-,22-,23-,24-,25+,26+,27-,28-,29+,30-,31+,32+,33+,35+,36-,37+,38-/m1/s1. The maximum absolute atomic E-state index is 12.7. The van der Waals surface area contributed by atoms with Crippen molar-refractivity contribution < 1.29 is 89.4 Å². The lowest BCUT2D eigenvalue weighted by Gasteiger charge is -2.64. The molecule has 11 N–H and O–H groups in total. The second-order valence-corrected chi connectivity index (χ2v) is 17.9. The van der Waals surface area contributed by atoms with Crippen LogP contribution < -0.4 is 0 Å². The Morgan fingerprint density at radius 1 is 0.679 bits per heavy atom. The van der Waals surface area contributed by atoms with E-state index in [2.05, 4.69) is 13.0 Å². The van der Waals surface area contributed by atoms with E-state index < -0.39 is 129 Å². The van der Waals surface area contributed by atoms with Crippen molar-refractivity contribution in [2.24, 2.45) is 28.1 Å². The van der Waals surface area contributed by atoms with Crippen LogP contribution >= 0.6 is 0 Å². The number of ether oxygens (including phenoxy) is 6. The number of rotatable bonds is 10. The largest absolute Gasteiger partial charge is 0.481 e. The Bertz CT molecular complexity index is 1460. The molecule has 0 aromatic heterocycles. The molecule has 3 saturated heterocycles. The second-order valence-electron chi connectivity index (χ2n) is 17.9. The average Bonchev–Trinajstić information content (AvgIpc) is 3.36. The van der Waals surface area contributed by atoms with Crippen LogP contribution in [0.3, 0.4) is 0 Å². The molecule has 6 fully saturated rings. The summed E-state index contributed by atoms with van der Waals surface area (Å²) in [5, 5.41) is 116. The van der Waals surface area contributed by atoms with Gasteiger partial charge < -0.3 is 84.6 Å². The van der Waals surface area contributed by atoms with Crippen LogP contribution in [0.15, 0.2) is 11.6 Å². The summed E-state index contributed by atoms with van der Waals surface area (Å²) in [4.78, 5) is 12.7. The highest BCUT2D eigenvalue weighted by Crippen LogP contribution is 2.72. The molecule has 320 valence electrons. The number of hydrogen-bond acceptors (Lipinski definition) is 17. The minimum absolute atomic E-state index is 0.00952. The quantitative estimate of drug-likeness (QED) is 0.0812. The Morgan fingerprint density at radius 3 is 1.75 bits per heavy atom. The molecule has 0 radical (unpaired) electrons.